The Labute approximate surface area is 92.1 Å². The number of aromatic nitrogens is 2. The zero-order chi connectivity index (χ0) is 11.5. The molecule has 0 radical (unpaired) electrons. The number of aromatic amines is 1. The molecule has 0 saturated carbocycles. The number of aryl methyl sites for hydroxylation is 1. The van der Waals surface area contributed by atoms with Crippen molar-refractivity contribution in [3.63, 3.8) is 0 Å². The number of carbonyl (C=O) groups is 1. The van der Waals surface area contributed by atoms with Crippen molar-refractivity contribution < 1.29 is 14.3 Å². The predicted octanol–water partition coefficient (Wildman–Crippen LogP) is 1.92. The van der Waals surface area contributed by atoms with E-state index >= 15 is 0 Å². The first kappa shape index (κ1) is 10.5. The van der Waals surface area contributed by atoms with Crippen LogP contribution in [0.15, 0.2) is 28.9 Å². The molecule has 2 aromatic rings. The summed E-state index contributed by atoms with van der Waals surface area (Å²) in [6, 6.07) is 3.60. The van der Waals surface area contributed by atoms with Crippen molar-refractivity contribution in [2.75, 3.05) is 0 Å². The monoisotopic (exact) mass is 220 g/mol. The molecule has 0 aliphatic rings. The number of rotatable bonds is 4. The second-order valence-electron chi connectivity index (χ2n) is 3.57. The largest absolute Gasteiger partial charge is 0.481 e. The Morgan fingerprint density at radius 3 is 2.94 bits per heavy atom. The lowest BCUT2D eigenvalue weighted by atomic mass is 10.0. The molecule has 0 amide bonds. The molecule has 2 rings (SSSR count). The Balaban J connectivity index is 2.31. The number of imidazole rings is 1. The molecule has 1 atom stereocenters. The molecule has 0 aromatic carbocycles. The van der Waals surface area contributed by atoms with Gasteiger partial charge in [-0.05, 0) is 19.1 Å². The van der Waals surface area contributed by atoms with E-state index in [1.807, 2.05) is 13.0 Å². The molecular formula is C11H12N2O3. The minimum absolute atomic E-state index is 0.0412. The van der Waals surface area contributed by atoms with E-state index in [0.717, 1.165) is 5.76 Å². The number of carboxylic acids is 1. The molecule has 5 heteroatoms. The van der Waals surface area contributed by atoms with Gasteiger partial charge >= 0.3 is 5.97 Å². The number of H-pyrrole nitrogens is 1. The standard InChI is InChI=1S/C11H12N2O3/c1-7-2-3-9(16-7)8(6-10(14)15)11-12-4-5-13-11/h2-5,8H,6H2,1H3,(H,12,13)(H,14,15). The fraction of sp³-hybridized carbons (Fsp3) is 0.273. The third kappa shape index (κ3) is 2.13. The SMILES string of the molecule is Cc1ccc(C(CC(=O)O)c2ncc[nH]2)o1. The van der Waals surface area contributed by atoms with E-state index in [4.69, 9.17) is 9.52 Å². The maximum absolute atomic E-state index is 10.8. The summed E-state index contributed by atoms with van der Waals surface area (Å²) in [5.74, 6) is 0.750. The molecule has 0 saturated heterocycles. The van der Waals surface area contributed by atoms with Crippen LogP contribution in [0.4, 0.5) is 0 Å². The van der Waals surface area contributed by atoms with Gasteiger partial charge in [0.2, 0.25) is 0 Å². The van der Waals surface area contributed by atoms with Crippen molar-refractivity contribution in [3.8, 4) is 0 Å². The van der Waals surface area contributed by atoms with Crippen molar-refractivity contribution in [3.05, 3.63) is 41.9 Å². The van der Waals surface area contributed by atoms with E-state index < -0.39 is 5.97 Å². The average Bonchev–Trinajstić information content (AvgIpc) is 2.84. The topological polar surface area (TPSA) is 79.1 Å². The number of aliphatic carboxylic acids is 1. The molecule has 0 aliphatic carbocycles. The lowest BCUT2D eigenvalue weighted by molar-refractivity contribution is -0.137. The van der Waals surface area contributed by atoms with Gasteiger partial charge in [-0.25, -0.2) is 4.98 Å². The second-order valence-corrected chi connectivity index (χ2v) is 3.57. The van der Waals surface area contributed by atoms with Crippen molar-refractivity contribution in [1.82, 2.24) is 9.97 Å². The first-order valence-electron chi connectivity index (χ1n) is 4.94. The van der Waals surface area contributed by atoms with Gasteiger partial charge in [0, 0.05) is 12.4 Å². The van der Waals surface area contributed by atoms with Crippen LogP contribution in [-0.2, 0) is 4.79 Å². The third-order valence-electron chi connectivity index (χ3n) is 2.33. The molecule has 0 fully saturated rings. The van der Waals surface area contributed by atoms with Crippen LogP contribution in [0.2, 0.25) is 0 Å². The Morgan fingerprint density at radius 1 is 1.62 bits per heavy atom. The lowest BCUT2D eigenvalue weighted by Gasteiger charge is -2.08. The summed E-state index contributed by atoms with van der Waals surface area (Å²) in [4.78, 5) is 17.8. The van der Waals surface area contributed by atoms with Gasteiger partial charge in [0.15, 0.2) is 0 Å². The fourth-order valence-corrected chi connectivity index (χ4v) is 1.62. The van der Waals surface area contributed by atoms with Gasteiger partial charge in [0.25, 0.3) is 0 Å². The minimum atomic E-state index is -0.879. The van der Waals surface area contributed by atoms with Crippen LogP contribution in [0.1, 0.15) is 29.7 Å². The molecule has 1 unspecified atom stereocenters. The highest BCUT2D eigenvalue weighted by Gasteiger charge is 2.22. The maximum atomic E-state index is 10.8. The van der Waals surface area contributed by atoms with Gasteiger partial charge in [-0.3, -0.25) is 4.79 Å². The van der Waals surface area contributed by atoms with Crippen molar-refractivity contribution in [1.29, 1.82) is 0 Å². The predicted molar refractivity (Wildman–Crippen MR) is 56.1 cm³/mol. The van der Waals surface area contributed by atoms with Gasteiger partial charge in [0.1, 0.15) is 17.3 Å². The highest BCUT2D eigenvalue weighted by molar-refractivity contribution is 5.68. The van der Waals surface area contributed by atoms with Crippen LogP contribution >= 0.6 is 0 Å². The van der Waals surface area contributed by atoms with Crippen LogP contribution in [-0.4, -0.2) is 21.0 Å². The van der Waals surface area contributed by atoms with Gasteiger partial charge < -0.3 is 14.5 Å². The summed E-state index contributed by atoms with van der Waals surface area (Å²) in [5, 5.41) is 8.87. The number of nitrogens with one attached hydrogen (secondary N) is 1. The lowest BCUT2D eigenvalue weighted by Crippen LogP contribution is -2.08. The van der Waals surface area contributed by atoms with E-state index in [2.05, 4.69) is 9.97 Å². The van der Waals surface area contributed by atoms with Gasteiger partial charge in [0.05, 0.1) is 12.3 Å². The summed E-state index contributed by atoms with van der Waals surface area (Å²) >= 11 is 0. The van der Waals surface area contributed by atoms with Gasteiger partial charge in [-0.15, -0.1) is 0 Å². The zero-order valence-corrected chi connectivity index (χ0v) is 8.80. The second kappa shape index (κ2) is 4.22. The van der Waals surface area contributed by atoms with E-state index in [1.54, 1.807) is 18.5 Å². The van der Waals surface area contributed by atoms with Crippen molar-refractivity contribution in [2.45, 2.75) is 19.3 Å². The summed E-state index contributed by atoms with van der Waals surface area (Å²) in [6.45, 7) is 1.82. The van der Waals surface area contributed by atoms with E-state index in [0.29, 0.717) is 11.6 Å². The van der Waals surface area contributed by atoms with E-state index in [9.17, 15) is 4.79 Å². The molecule has 2 aromatic heterocycles. The molecule has 0 aliphatic heterocycles. The highest BCUT2D eigenvalue weighted by Crippen LogP contribution is 2.26. The molecule has 2 heterocycles. The summed E-state index contributed by atoms with van der Waals surface area (Å²) < 4.78 is 5.45. The Kier molecular flexibility index (Phi) is 2.76. The zero-order valence-electron chi connectivity index (χ0n) is 8.80. The smallest absolute Gasteiger partial charge is 0.304 e. The van der Waals surface area contributed by atoms with Crippen LogP contribution in [0.5, 0.6) is 0 Å². The summed E-state index contributed by atoms with van der Waals surface area (Å²) in [6.07, 6.45) is 3.22. The first-order chi connectivity index (χ1) is 7.66. The molecule has 0 spiro atoms. The van der Waals surface area contributed by atoms with Gasteiger partial charge in [-0.2, -0.15) is 0 Å². The van der Waals surface area contributed by atoms with Crippen LogP contribution in [0.3, 0.4) is 0 Å². The Bertz CT molecular complexity index is 473. The highest BCUT2D eigenvalue weighted by atomic mass is 16.4. The number of carboxylic acid groups (broad SMARTS) is 1. The van der Waals surface area contributed by atoms with E-state index in [1.165, 1.54) is 0 Å². The molecular weight excluding hydrogens is 208 g/mol. The van der Waals surface area contributed by atoms with Crippen LogP contribution in [0.25, 0.3) is 0 Å². The molecule has 16 heavy (non-hydrogen) atoms. The number of hydrogen-bond donors (Lipinski definition) is 2. The molecule has 5 nitrogen and oxygen atoms in total. The number of furan rings is 1. The molecule has 0 bridgehead atoms. The third-order valence-corrected chi connectivity index (χ3v) is 2.33. The Morgan fingerprint density at radius 2 is 2.44 bits per heavy atom. The minimum Gasteiger partial charge on any atom is -0.481 e. The van der Waals surface area contributed by atoms with Crippen LogP contribution < -0.4 is 0 Å². The molecule has 84 valence electrons. The van der Waals surface area contributed by atoms with E-state index in [-0.39, 0.29) is 12.3 Å². The average molecular weight is 220 g/mol. The number of hydrogen-bond acceptors (Lipinski definition) is 3. The first-order valence-corrected chi connectivity index (χ1v) is 4.94. The quantitative estimate of drug-likeness (QED) is 0.824. The van der Waals surface area contributed by atoms with Crippen molar-refractivity contribution >= 4 is 5.97 Å². The normalized spacial score (nSPS) is 12.6. The fourth-order valence-electron chi connectivity index (χ4n) is 1.62. The van der Waals surface area contributed by atoms with Crippen molar-refractivity contribution in [2.24, 2.45) is 0 Å². The van der Waals surface area contributed by atoms with Gasteiger partial charge in [-0.1, -0.05) is 0 Å². The summed E-state index contributed by atoms with van der Waals surface area (Å²) in [5.41, 5.74) is 0. The maximum Gasteiger partial charge on any atom is 0.304 e. The Hall–Kier alpha value is -2.04. The van der Waals surface area contributed by atoms with Crippen LogP contribution in [0, 0.1) is 6.92 Å². The summed E-state index contributed by atoms with van der Waals surface area (Å²) in [7, 11) is 0. The molecule has 2 N–H and O–H groups in total. The number of nitrogens with zero attached hydrogens (tertiary/aromatic N) is 1.